The Morgan fingerprint density at radius 3 is 3.10 bits per heavy atom. The van der Waals surface area contributed by atoms with Crippen molar-refractivity contribution in [2.24, 2.45) is 5.73 Å². The molecule has 2 fully saturated rings. The van der Waals surface area contributed by atoms with Crippen LogP contribution in [0.4, 0.5) is 0 Å². The first-order valence-corrected chi connectivity index (χ1v) is 9.18. The Labute approximate surface area is 134 Å². The molecule has 2 N–H and O–H groups in total. The highest BCUT2D eigenvalue weighted by atomic mass is 79.9. The number of likely N-dealkylation sites (N-methyl/N-ethyl adjacent to an activating group) is 1. The maximum atomic E-state index is 6.21. The normalized spacial score (nSPS) is 30.9. The minimum Gasteiger partial charge on any atom is -0.329 e. The van der Waals surface area contributed by atoms with E-state index in [1.54, 1.807) is 0 Å². The van der Waals surface area contributed by atoms with Gasteiger partial charge in [-0.1, -0.05) is 0 Å². The number of hydrogen-bond acceptors (Lipinski definition) is 4. The molecule has 0 spiro atoms. The van der Waals surface area contributed by atoms with Gasteiger partial charge in [-0.3, -0.25) is 4.90 Å². The highest BCUT2D eigenvalue weighted by Crippen LogP contribution is 2.37. The number of fused-ring (bicyclic) bond motifs is 1. The lowest BCUT2D eigenvalue weighted by molar-refractivity contribution is 0.0226. The fraction of sp³-hybridized carbons (Fsp3) is 0.733. The summed E-state index contributed by atoms with van der Waals surface area (Å²) in [5.74, 6) is 0. The molecule has 0 aromatic carbocycles. The zero-order chi connectivity index (χ0) is 14.2. The van der Waals surface area contributed by atoms with Gasteiger partial charge in [0.05, 0.1) is 0 Å². The first-order valence-electron chi connectivity index (χ1n) is 7.51. The predicted molar refractivity (Wildman–Crippen MR) is 89.1 cm³/mol. The Morgan fingerprint density at radius 1 is 1.55 bits per heavy atom. The summed E-state index contributed by atoms with van der Waals surface area (Å²) < 4.78 is 1.19. The third-order valence-corrected chi connectivity index (χ3v) is 6.87. The molecule has 20 heavy (non-hydrogen) atoms. The minimum absolute atomic E-state index is 0.196. The Balaban J connectivity index is 1.71. The van der Waals surface area contributed by atoms with Gasteiger partial charge in [-0.05, 0) is 61.3 Å². The van der Waals surface area contributed by atoms with Crippen molar-refractivity contribution in [1.29, 1.82) is 0 Å². The van der Waals surface area contributed by atoms with E-state index in [2.05, 4.69) is 44.2 Å². The van der Waals surface area contributed by atoms with Gasteiger partial charge in [0.15, 0.2) is 0 Å². The maximum Gasteiger partial charge on any atom is 0.0359 e. The van der Waals surface area contributed by atoms with Crippen LogP contribution in [0.25, 0.3) is 0 Å². The highest BCUT2D eigenvalue weighted by Gasteiger charge is 2.43. The van der Waals surface area contributed by atoms with Gasteiger partial charge in [0.1, 0.15) is 0 Å². The van der Waals surface area contributed by atoms with Crippen molar-refractivity contribution in [3.63, 3.8) is 0 Å². The van der Waals surface area contributed by atoms with Gasteiger partial charge in [0.2, 0.25) is 0 Å². The quantitative estimate of drug-likeness (QED) is 0.898. The van der Waals surface area contributed by atoms with Crippen molar-refractivity contribution in [2.45, 2.75) is 43.8 Å². The van der Waals surface area contributed by atoms with Crippen molar-refractivity contribution < 1.29 is 0 Å². The average Bonchev–Trinajstić information content (AvgIpc) is 3.06. The van der Waals surface area contributed by atoms with E-state index in [-0.39, 0.29) is 5.54 Å². The molecule has 2 aliphatic rings. The van der Waals surface area contributed by atoms with Crippen LogP contribution < -0.4 is 5.73 Å². The van der Waals surface area contributed by atoms with E-state index in [4.69, 9.17) is 5.73 Å². The van der Waals surface area contributed by atoms with Crippen LogP contribution >= 0.6 is 27.3 Å². The lowest BCUT2D eigenvalue weighted by Crippen LogP contribution is -2.59. The summed E-state index contributed by atoms with van der Waals surface area (Å²) in [6.45, 7) is 4.31. The van der Waals surface area contributed by atoms with E-state index < -0.39 is 0 Å². The molecule has 1 aromatic heterocycles. The lowest BCUT2D eigenvalue weighted by atomic mass is 9.82. The summed E-state index contributed by atoms with van der Waals surface area (Å²) in [6.07, 6.45) is 5.18. The maximum absolute atomic E-state index is 6.21. The van der Waals surface area contributed by atoms with Crippen LogP contribution in [0.3, 0.4) is 0 Å². The summed E-state index contributed by atoms with van der Waals surface area (Å²) in [5.41, 5.74) is 6.41. The van der Waals surface area contributed by atoms with Gasteiger partial charge in [-0.25, -0.2) is 0 Å². The smallest absolute Gasteiger partial charge is 0.0359 e. The average molecular weight is 358 g/mol. The van der Waals surface area contributed by atoms with Gasteiger partial charge in [0.25, 0.3) is 0 Å². The molecule has 0 aliphatic carbocycles. The van der Waals surface area contributed by atoms with Gasteiger partial charge >= 0.3 is 0 Å². The molecule has 0 bridgehead atoms. The highest BCUT2D eigenvalue weighted by molar-refractivity contribution is 9.10. The second-order valence-corrected chi connectivity index (χ2v) is 8.21. The van der Waals surface area contributed by atoms with Crippen LogP contribution in [-0.4, -0.2) is 48.1 Å². The van der Waals surface area contributed by atoms with Crippen LogP contribution in [0.2, 0.25) is 0 Å². The van der Waals surface area contributed by atoms with Crippen molar-refractivity contribution in [2.75, 3.05) is 26.7 Å². The predicted octanol–water partition coefficient (Wildman–Crippen LogP) is 2.90. The summed E-state index contributed by atoms with van der Waals surface area (Å²) >= 11 is 5.38. The topological polar surface area (TPSA) is 32.5 Å². The monoisotopic (exact) mass is 357 g/mol. The van der Waals surface area contributed by atoms with Gasteiger partial charge in [-0.2, -0.15) is 0 Å². The van der Waals surface area contributed by atoms with Crippen LogP contribution in [-0.2, 0) is 6.54 Å². The van der Waals surface area contributed by atoms with Crippen molar-refractivity contribution >= 4 is 27.3 Å². The zero-order valence-electron chi connectivity index (χ0n) is 12.1. The number of piperidine rings is 1. The Bertz CT molecular complexity index is 464. The van der Waals surface area contributed by atoms with E-state index in [9.17, 15) is 0 Å². The number of hydrogen-bond donors (Lipinski definition) is 1. The zero-order valence-corrected chi connectivity index (χ0v) is 14.5. The number of halogens is 1. The molecule has 2 aliphatic heterocycles. The van der Waals surface area contributed by atoms with Crippen LogP contribution in [0.15, 0.2) is 15.9 Å². The molecule has 3 rings (SSSR count). The van der Waals surface area contributed by atoms with E-state index in [1.807, 2.05) is 11.3 Å². The van der Waals surface area contributed by atoms with Crippen molar-refractivity contribution in [3.8, 4) is 0 Å². The lowest BCUT2D eigenvalue weighted by Gasteiger charge is -2.49. The fourth-order valence-electron chi connectivity index (χ4n) is 3.84. The summed E-state index contributed by atoms with van der Waals surface area (Å²) in [5, 5.41) is 2.16. The molecule has 2 atom stereocenters. The molecule has 0 saturated carbocycles. The number of nitrogens with two attached hydrogens (primary N) is 1. The Kier molecular flexibility index (Phi) is 4.53. The molecular formula is C15H24BrN3S. The largest absolute Gasteiger partial charge is 0.329 e. The summed E-state index contributed by atoms with van der Waals surface area (Å²) in [6, 6.07) is 3.00. The number of thiophene rings is 1. The molecular weight excluding hydrogens is 334 g/mol. The molecule has 0 amide bonds. The Morgan fingerprint density at radius 2 is 2.40 bits per heavy atom. The standard InChI is InChI=1S/C15H24BrN3S/c1-18(9-14-7-12(16)10-20-14)15(11-17)4-6-19-5-2-3-13(19)8-15/h7,10,13H,2-6,8-9,11,17H2,1H3. The summed E-state index contributed by atoms with van der Waals surface area (Å²) in [7, 11) is 2.26. The summed E-state index contributed by atoms with van der Waals surface area (Å²) in [4.78, 5) is 6.60. The van der Waals surface area contributed by atoms with E-state index in [1.165, 1.54) is 48.1 Å². The Hall–Kier alpha value is 0.0600. The molecule has 5 heteroatoms. The van der Waals surface area contributed by atoms with Gasteiger partial charge in [0, 0.05) is 45.9 Å². The second kappa shape index (κ2) is 6.05. The van der Waals surface area contributed by atoms with Crippen LogP contribution in [0.5, 0.6) is 0 Å². The molecule has 0 radical (unpaired) electrons. The van der Waals surface area contributed by atoms with Gasteiger partial charge in [-0.15, -0.1) is 11.3 Å². The first kappa shape index (κ1) is 15.0. The van der Waals surface area contributed by atoms with Crippen LogP contribution in [0, 0.1) is 0 Å². The molecule has 2 unspecified atom stereocenters. The molecule has 3 heterocycles. The SMILES string of the molecule is CN(Cc1cc(Br)cs1)C1(CN)CCN2CCCC2C1. The number of nitrogens with zero attached hydrogens (tertiary/aromatic N) is 2. The fourth-order valence-corrected chi connectivity index (χ4v) is 5.34. The second-order valence-electron chi connectivity index (χ2n) is 6.30. The van der Waals surface area contributed by atoms with E-state index in [0.29, 0.717) is 0 Å². The van der Waals surface area contributed by atoms with E-state index >= 15 is 0 Å². The van der Waals surface area contributed by atoms with Crippen molar-refractivity contribution in [1.82, 2.24) is 9.80 Å². The van der Waals surface area contributed by atoms with Crippen molar-refractivity contribution in [3.05, 3.63) is 20.8 Å². The third-order valence-electron chi connectivity index (χ3n) is 5.18. The van der Waals surface area contributed by atoms with Gasteiger partial charge < -0.3 is 10.6 Å². The third kappa shape index (κ3) is 2.83. The van der Waals surface area contributed by atoms with E-state index in [0.717, 1.165) is 19.1 Å². The van der Waals surface area contributed by atoms with Crippen LogP contribution in [0.1, 0.15) is 30.6 Å². The minimum atomic E-state index is 0.196. The molecule has 1 aromatic rings. The number of rotatable bonds is 4. The molecule has 112 valence electrons. The molecule has 3 nitrogen and oxygen atoms in total. The molecule has 2 saturated heterocycles. The first-order chi connectivity index (χ1) is 9.63.